The summed E-state index contributed by atoms with van der Waals surface area (Å²) in [7, 11) is -0.117. The van der Waals surface area contributed by atoms with Crippen LogP contribution in [0.3, 0.4) is 0 Å². The van der Waals surface area contributed by atoms with E-state index in [4.69, 9.17) is 9.47 Å². The highest BCUT2D eigenvalue weighted by molar-refractivity contribution is 7.91. The lowest BCUT2D eigenvalue weighted by Crippen LogP contribution is -2.46. The number of hydrogen-bond donors (Lipinski definition) is 0. The van der Waals surface area contributed by atoms with Gasteiger partial charge < -0.3 is 19.3 Å². The van der Waals surface area contributed by atoms with Gasteiger partial charge in [0, 0.05) is 11.9 Å². The highest BCUT2D eigenvalue weighted by atomic mass is 32.2. The molecule has 2 amide bonds. The van der Waals surface area contributed by atoms with E-state index in [2.05, 4.69) is 0 Å². The number of hydrogen-bond acceptors (Lipinski definition) is 6. The number of fused-ring (bicyclic) bond motifs is 1. The standard InChI is InChI=1S/C24H26N2O6S/c1-31-21-12-17-8-10-25(23(27)14-18(17)13-22(21)32-2)15-24(28)26(19-6-4-3-5-7-19)20-9-11-33(29,30)16-20/h3-8,10,12-13,20H,9,11,14-16H2,1-2H3/t20-/m0/s1. The lowest BCUT2D eigenvalue weighted by molar-refractivity contribution is -0.132. The van der Waals surface area contributed by atoms with Gasteiger partial charge in [-0.05, 0) is 47.9 Å². The lowest BCUT2D eigenvalue weighted by atomic mass is 10.0. The zero-order valence-electron chi connectivity index (χ0n) is 18.6. The van der Waals surface area contributed by atoms with E-state index >= 15 is 0 Å². The number of nitrogens with zero attached hydrogens (tertiary/aromatic N) is 2. The minimum atomic E-state index is -3.19. The molecule has 1 saturated heterocycles. The summed E-state index contributed by atoms with van der Waals surface area (Å²) >= 11 is 0. The van der Waals surface area contributed by atoms with E-state index in [0.717, 1.165) is 11.1 Å². The minimum Gasteiger partial charge on any atom is -0.493 e. The van der Waals surface area contributed by atoms with Crippen LogP contribution in [-0.2, 0) is 25.8 Å². The molecule has 9 heteroatoms. The van der Waals surface area contributed by atoms with Gasteiger partial charge in [-0.25, -0.2) is 8.42 Å². The highest BCUT2D eigenvalue weighted by Crippen LogP contribution is 2.33. The number of methoxy groups -OCH3 is 2. The van der Waals surface area contributed by atoms with Crippen LogP contribution in [-0.4, -0.2) is 63.4 Å². The summed E-state index contributed by atoms with van der Waals surface area (Å²) in [5.41, 5.74) is 2.19. The van der Waals surface area contributed by atoms with Crippen molar-refractivity contribution in [1.82, 2.24) is 4.90 Å². The molecule has 0 bridgehead atoms. The number of ether oxygens (including phenoxy) is 2. The molecular weight excluding hydrogens is 444 g/mol. The van der Waals surface area contributed by atoms with Crippen LogP contribution in [0.15, 0.2) is 48.7 Å². The van der Waals surface area contributed by atoms with Crippen molar-refractivity contribution in [2.24, 2.45) is 0 Å². The SMILES string of the molecule is COc1cc2c(cc1OC)CC(=O)N(CC(=O)N(c1ccccc1)[C@H]1CCS(=O)(=O)C1)C=C2. The van der Waals surface area contributed by atoms with E-state index in [1.165, 1.54) is 16.9 Å². The Kier molecular flexibility index (Phi) is 6.42. The van der Waals surface area contributed by atoms with Gasteiger partial charge in [0.15, 0.2) is 21.3 Å². The van der Waals surface area contributed by atoms with Crippen LogP contribution in [0.25, 0.3) is 6.08 Å². The number of carbonyl (C=O) groups is 2. The van der Waals surface area contributed by atoms with Gasteiger partial charge in [0.25, 0.3) is 0 Å². The molecule has 2 aliphatic heterocycles. The Morgan fingerprint density at radius 3 is 2.45 bits per heavy atom. The number of anilines is 1. The first-order valence-corrected chi connectivity index (χ1v) is 12.4. The molecular formula is C24H26N2O6S. The Labute approximate surface area is 193 Å². The second-order valence-electron chi connectivity index (χ2n) is 8.08. The van der Waals surface area contributed by atoms with Gasteiger partial charge in [-0.3, -0.25) is 9.59 Å². The second kappa shape index (κ2) is 9.27. The van der Waals surface area contributed by atoms with Crippen LogP contribution in [0.2, 0.25) is 0 Å². The maximum absolute atomic E-state index is 13.4. The third kappa shape index (κ3) is 4.88. The highest BCUT2D eigenvalue weighted by Gasteiger charge is 2.36. The molecule has 174 valence electrons. The van der Waals surface area contributed by atoms with Crippen molar-refractivity contribution in [3.8, 4) is 11.5 Å². The van der Waals surface area contributed by atoms with E-state index in [-0.39, 0.29) is 36.3 Å². The number of sulfone groups is 1. The molecule has 4 rings (SSSR count). The summed E-state index contributed by atoms with van der Waals surface area (Å²) < 4.78 is 34.9. The van der Waals surface area contributed by atoms with Crippen LogP contribution in [0.4, 0.5) is 5.69 Å². The Morgan fingerprint density at radius 1 is 1.12 bits per heavy atom. The first-order valence-electron chi connectivity index (χ1n) is 10.6. The molecule has 1 fully saturated rings. The van der Waals surface area contributed by atoms with Gasteiger partial charge in [-0.2, -0.15) is 0 Å². The third-order valence-corrected chi connectivity index (χ3v) is 7.67. The number of carbonyl (C=O) groups excluding carboxylic acids is 2. The van der Waals surface area contributed by atoms with Crippen molar-refractivity contribution in [1.29, 1.82) is 0 Å². The number of para-hydroxylation sites is 1. The lowest BCUT2D eigenvalue weighted by Gasteiger charge is -2.30. The van der Waals surface area contributed by atoms with Gasteiger partial charge in [0.1, 0.15) is 6.54 Å². The molecule has 0 aromatic heterocycles. The summed E-state index contributed by atoms with van der Waals surface area (Å²) in [4.78, 5) is 29.3. The summed E-state index contributed by atoms with van der Waals surface area (Å²) in [6.07, 6.45) is 3.83. The molecule has 33 heavy (non-hydrogen) atoms. The molecule has 2 aromatic carbocycles. The monoisotopic (exact) mass is 470 g/mol. The Bertz CT molecular complexity index is 1190. The topological polar surface area (TPSA) is 93.2 Å². The quantitative estimate of drug-likeness (QED) is 0.643. The molecule has 0 aliphatic carbocycles. The predicted molar refractivity (Wildman–Crippen MR) is 125 cm³/mol. The van der Waals surface area contributed by atoms with Gasteiger partial charge in [-0.1, -0.05) is 18.2 Å². The van der Waals surface area contributed by atoms with Gasteiger partial charge in [0.2, 0.25) is 11.8 Å². The van der Waals surface area contributed by atoms with E-state index in [9.17, 15) is 18.0 Å². The zero-order chi connectivity index (χ0) is 23.6. The Hall–Kier alpha value is -3.33. The fraction of sp³-hybridized carbons (Fsp3) is 0.333. The number of amides is 2. The maximum Gasteiger partial charge on any atom is 0.247 e. The zero-order valence-corrected chi connectivity index (χ0v) is 19.4. The van der Waals surface area contributed by atoms with E-state index in [1.54, 1.807) is 55.8 Å². The Balaban J connectivity index is 1.59. The van der Waals surface area contributed by atoms with Crippen molar-refractivity contribution in [2.75, 3.05) is 37.2 Å². The smallest absolute Gasteiger partial charge is 0.247 e. The summed E-state index contributed by atoms with van der Waals surface area (Å²) in [5, 5.41) is 0. The molecule has 0 N–H and O–H groups in total. The predicted octanol–water partition coefficient (Wildman–Crippen LogP) is 2.28. The molecule has 2 heterocycles. The maximum atomic E-state index is 13.4. The van der Waals surface area contributed by atoms with Crippen molar-refractivity contribution in [3.05, 3.63) is 59.8 Å². The van der Waals surface area contributed by atoms with Crippen LogP contribution >= 0.6 is 0 Å². The van der Waals surface area contributed by atoms with Crippen LogP contribution < -0.4 is 14.4 Å². The summed E-state index contributed by atoms with van der Waals surface area (Å²) in [5.74, 6) is 0.480. The molecule has 0 radical (unpaired) electrons. The van der Waals surface area contributed by atoms with Crippen molar-refractivity contribution in [2.45, 2.75) is 18.9 Å². The summed E-state index contributed by atoms with van der Waals surface area (Å²) in [6, 6.07) is 12.1. The van der Waals surface area contributed by atoms with E-state index in [1.807, 2.05) is 6.07 Å². The molecule has 2 aromatic rings. The van der Waals surface area contributed by atoms with E-state index in [0.29, 0.717) is 23.6 Å². The molecule has 0 spiro atoms. The normalized spacial score (nSPS) is 19.0. The van der Waals surface area contributed by atoms with Crippen LogP contribution in [0.1, 0.15) is 17.5 Å². The second-order valence-corrected chi connectivity index (χ2v) is 10.3. The summed E-state index contributed by atoms with van der Waals surface area (Å²) in [6.45, 7) is -0.191. The number of benzene rings is 2. The van der Waals surface area contributed by atoms with Crippen LogP contribution in [0, 0.1) is 0 Å². The Morgan fingerprint density at radius 2 is 1.82 bits per heavy atom. The fourth-order valence-electron chi connectivity index (χ4n) is 4.25. The van der Waals surface area contributed by atoms with Crippen molar-refractivity contribution in [3.63, 3.8) is 0 Å². The molecule has 0 saturated carbocycles. The third-order valence-electron chi connectivity index (χ3n) is 5.92. The van der Waals surface area contributed by atoms with Crippen molar-refractivity contribution < 1.29 is 27.5 Å². The van der Waals surface area contributed by atoms with Gasteiger partial charge in [-0.15, -0.1) is 0 Å². The van der Waals surface area contributed by atoms with Crippen LogP contribution in [0.5, 0.6) is 11.5 Å². The van der Waals surface area contributed by atoms with E-state index < -0.39 is 15.9 Å². The largest absolute Gasteiger partial charge is 0.493 e. The number of rotatable bonds is 6. The minimum absolute atomic E-state index is 0.0514. The van der Waals surface area contributed by atoms with Crippen molar-refractivity contribution >= 4 is 33.4 Å². The fourth-order valence-corrected chi connectivity index (χ4v) is 5.95. The molecule has 0 unspecified atom stereocenters. The molecule has 8 nitrogen and oxygen atoms in total. The molecule has 1 atom stereocenters. The first-order chi connectivity index (χ1) is 15.8. The molecule has 2 aliphatic rings. The first kappa shape index (κ1) is 22.8. The average molecular weight is 471 g/mol. The average Bonchev–Trinajstić information content (AvgIpc) is 3.08. The van der Waals surface area contributed by atoms with Gasteiger partial charge in [0.05, 0.1) is 38.2 Å². The van der Waals surface area contributed by atoms with Gasteiger partial charge >= 0.3 is 0 Å².